The second-order valence-corrected chi connectivity index (χ2v) is 9.99. The third-order valence-electron chi connectivity index (χ3n) is 9.22. The smallest absolute Gasteiger partial charge is 0.0675 e. The fourth-order valence-electron chi connectivity index (χ4n) is 7.45. The summed E-state index contributed by atoms with van der Waals surface area (Å²) >= 11 is 0. The molecule has 0 radical (unpaired) electrons. The van der Waals surface area contributed by atoms with Gasteiger partial charge in [-0.1, -0.05) is 13.8 Å². The van der Waals surface area contributed by atoms with Gasteiger partial charge < -0.3 is 15.3 Å². The second-order valence-electron chi connectivity index (χ2n) is 9.99. The summed E-state index contributed by atoms with van der Waals surface area (Å²) in [6.07, 6.45) is 7.49. The monoisotopic (exact) mass is 322 g/mol. The van der Waals surface area contributed by atoms with E-state index >= 15 is 0 Å². The van der Waals surface area contributed by atoms with Gasteiger partial charge in [0, 0.05) is 0 Å². The van der Waals surface area contributed by atoms with Crippen LogP contribution in [-0.2, 0) is 0 Å². The van der Waals surface area contributed by atoms with E-state index in [1.807, 2.05) is 6.92 Å². The summed E-state index contributed by atoms with van der Waals surface area (Å²) < 4.78 is 0. The minimum atomic E-state index is -0.580. The van der Waals surface area contributed by atoms with Crippen LogP contribution in [0.3, 0.4) is 0 Å². The van der Waals surface area contributed by atoms with E-state index in [1.165, 1.54) is 0 Å². The Kier molecular flexibility index (Phi) is 3.52. The number of aliphatic hydroxyl groups is 3. The molecule has 132 valence electrons. The first-order chi connectivity index (χ1) is 10.7. The molecule has 0 aromatic rings. The number of fused-ring (bicyclic) bond motifs is 5. The molecule has 4 rings (SSSR count). The van der Waals surface area contributed by atoms with Crippen LogP contribution in [0.2, 0.25) is 0 Å². The standard InChI is InChI=1S/C20H34O3/c1-18-7-4-13(21)10-12(18)11-16(22)17-14(18)5-8-19(2)15(17)6-9-20(19,3)23/h12-17,21-23H,4-11H2,1-3H3/t12?,13-,14?,15?,16-,17?,18-,19-,20-/m0/s1. The highest BCUT2D eigenvalue weighted by atomic mass is 16.3. The van der Waals surface area contributed by atoms with Gasteiger partial charge in [0.1, 0.15) is 0 Å². The molecule has 4 aliphatic rings. The second kappa shape index (κ2) is 4.95. The van der Waals surface area contributed by atoms with E-state index in [9.17, 15) is 15.3 Å². The predicted molar refractivity (Wildman–Crippen MR) is 89.7 cm³/mol. The lowest BCUT2D eigenvalue weighted by atomic mass is 9.44. The highest BCUT2D eigenvalue weighted by Gasteiger charge is 2.65. The largest absolute Gasteiger partial charge is 0.393 e. The van der Waals surface area contributed by atoms with E-state index < -0.39 is 5.60 Å². The molecular weight excluding hydrogens is 288 g/mol. The van der Waals surface area contributed by atoms with E-state index in [4.69, 9.17) is 0 Å². The Morgan fingerprint density at radius 2 is 1.52 bits per heavy atom. The summed E-state index contributed by atoms with van der Waals surface area (Å²) in [7, 11) is 0. The van der Waals surface area contributed by atoms with Crippen molar-refractivity contribution < 1.29 is 15.3 Å². The SMILES string of the molecule is C[C@]12CC[C@H](O)CC1C[C@H](O)C1C2CC[C@@]2(C)C1CC[C@]2(C)O. The Balaban J connectivity index is 1.68. The van der Waals surface area contributed by atoms with Gasteiger partial charge in [-0.05, 0) is 92.8 Å². The first kappa shape index (κ1) is 16.4. The number of aliphatic hydroxyl groups excluding tert-OH is 2. The Bertz CT molecular complexity index is 489. The highest BCUT2D eigenvalue weighted by molar-refractivity contribution is 5.14. The molecule has 9 atom stereocenters. The van der Waals surface area contributed by atoms with Gasteiger partial charge in [-0.3, -0.25) is 0 Å². The van der Waals surface area contributed by atoms with Crippen molar-refractivity contribution in [1.82, 2.24) is 0 Å². The van der Waals surface area contributed by atoms with Gasteiger partial charge >= 0.3 is 0 Å². The van der Waals surface area contributed by atoms with Crippen LogP contribution in [0.5, 0.6) is 0 Å². The van der Waals surface area contributed by atoms with Crippen LogP contribution in [0.1, 0.15) is 72.1 Å². The maximum Gasteiger partial charge on any atom is 0.0675 e. The number of hydrogen-bond acceptors (Lipinski definition) is 3. The zero-order chi connectivity index (χ0) is 16.6. The molecule has 0 aliphatic heterocycles. The van der Waals surface area contributed by atoms with Crippen molar-refractivity contribution >= 4 is 0 Å². The average molecular weight is 322 g/mol. The summed E-state index contributed by atoms with van der Waals surface area (Å²) in [4.78, 5) is 0. The van der Waals surface area contributed by atoms with Gasteiger partial charge in [0.05, 0.1) is 17.8 Å². The van der Waals surface area contributed by atoms with Crippen LogP contribution in [0.15, 0.2) is 0 Å². The molecule has 0 aromatic heterocycles. The molecule has 3 nitrogen and oxygen atoms in total. The van der Waals surface area contributed by atoms with E-state index in [1.54, 1.807) is 0 Å². The van der Waals surface area contributed by atoms with Crippen molar-refractivity contribution in [2.45, 2.75) is 89.9 Å². The average Bonchev–Trinajstić information content (AvgIpc) is 2.72. The molecule has 0 heterocycles. The maximum absolute atomic E-state index is 11.0. The van der Waals surface area contributed by atoms with Crippen LogP contribution in [-0.4, -0.2) is 33.1 Å². The Hall–Kier alpha value is -0.120. The summed E-state index contributed by atoms with van der Waals surface area (Å²) in [6.45, 7) is 6.72. The molecule has 0 aromatic carbocycles. The minimum absolute atomic E-state index is 0.0352. The Labute approximate surface area is 140 Å². The van der Waals surface area contributed by atoms with Gasteiger partial charge in [0.15, 0.2) is 0 Å². The first-order valence-corrected chi connectivity index (χ1v) is 9.77. The van der Waals surface area contributed by atoms with E-state index in [2.05, 4.69) is 13.8 Å². The van der Waals surface area contributed by atoms with Gasteiger partial charge in [-0.2, -0.15) is 0 Å². The minimum Gasteiger partial charge on any atom is -0.393 e. The lowest BCUT2D eigenvalue weighted by molar-refractivity contribution is -0.188. The van der Waals surface area contributed by atoms with Crippen LogP contribution in [0, 0.1) is 34.5 Å². The Morgan fingerprint density at radius 3 is 2.26 bits per heavy atom. The summed E-state index contributed by atoms with van der Waals surface area (Å²) in [5.41, 5.74) is -0.339. The molecule has 23 heavy (non-hydrogen) atoms. The zero-order valence-electron chi connectivity index (χ0n) is 15.0. The van der Waals surface area contributed by atoms with E-state index in [0.717, 1.165) is 51.4 Å². The van der Waals surface area contributed by atoms with Gasteiger partial charge in [-0.15, -0.1) is 0 Å². The Morgan fingerprint density at radius 1 is 0.826 bits per heavy atom. The zero-order valence-corrected chi connectivity index (χ0v) is 15.0. The maximum atomic E-state index is 11.0. The summed E-state index contributed by atoms with van der Waals surface area (Å²) in [5, 5.41) is 32.0. The van der Waals surface area contributed by atoms with Crippen LogP contribution in [0.4, 0.5) is 0 Å². The quantitative estimate of drug-likeness (QED) is 0.642. The molecule has 0 bridgehead atoms. The van der Waals surface area contributed by atoms with Crippen molar-refractivity contribution in [2.24, 2.45) is 34.5 Å². The van der Waals surface area contributed by atoms with Crippen molar-refractivity contribution in [3.63, 3.8) is 0 Å². The van der Waals surface area contributed by atoms with Crippen LogP contribution < -0.4 is 0 Å². The van der Waals surface area contributed by atoms with E-state index in [-0.39, 0.29) is 23.0 Å². The molecule has 4 unspecified atom stereocenters. The molecule has 0 spiro atoms. The molecule has 3 heteroatoms. The third-order valence-corrected chi connectivity index (χ3v) is 9.22. The molecule has 3 N–H and O–H groups in total. The predicted octanol–water partition coefficient (Wildman–Crippen LogP) is 3.11. The van der Waals surface area contributed by atoms with Gasteiger partial charge in [0.2, 0.25) is 0 Å². The molecule has 0 amide bonds. The highest BCUT2D eigenvalue weighted by Crippen LogP contribution is 2.68. The normalized spacial score (nSPS) is 62.3. The molecule has 4 fully saturated rings. The molecule has 4 aliphatic carbocycles. The lowest BCUT2D eigenvalue weighted by Crippen LogP contribution is -2.60. The van der Waals surface area contributed by atoms with Crippen LogP contribution in [0.25, 0.3) is 0 Å². The van der Waals surface area contributed by atoms with Gasteiger partial charge in [-0.25, -0.2) is 0 Å². The topological polar surface area (TPSA) is 60.7 Å². The van der Waals surface area contributed by atoms with Gasteiger partial charge in [0.25, 0.3) is 0 Å². The fraction of sp³-hybridized carbons (Fsp3) is 1.00. The van der Waals surface area contributed by atoms with Crippen molar-refractivity contribution in [1.29, 1.82) is 0 Å². The number of hydrogen-bond donors (Lipinski definition) is 3. The molecule has 0 saturated heterocycles. The van der Waals surface area contributed by atoms with Crippen molar-refractivity contribution in [3.8, 4) is 0 Å². The first-order valence-electron chi connectivity index (χ1n) is 9.77. The van der Waals surface area contributed by atoms with Crippen molar-refractivity contribution in [2.75, 3.05) is 0 Å². The van der Waals surface area contributed by atoms with Crippen molar-refractivity contribution in [3.05, 3.63) is 0 Å². The molecular formula is C20H34O3. The molecule has 4 saturated carbocycles. The lowest BCUT2D eigenvalue weighted by Gasteiger charge is -2.62. The third kappa shape index (κ3) is 2.05. The number of rotatable bonds is 0. The van der Waals surface area contributed by atoms with Crippen LogP contribution >= 0.6 is 0 Å². The summed E-state index contributed by atoms with van der Waals surface area (Å²) in [6, 6.07) is 0. The fourth-order valence-corrected chi connectivity index (χ4v) is 7.45. The summed E-state index contributed by atoms with van der Waals surface area (Å²) in [5.74, 6) is 1.83. The van der Waals surface area contributed by atoms with E-state index in [0.29, 0.717) is 23.7 Å².